The van der Waals surface area contributed by atoms with E-state index in [1.54, 1.807) is 0 Å². The van der Waals surface area contributed by atoms with Crippen molar-refractivity contribution >= 4 is 0 Å². The molecule has 12 heavy (non-hydrogen) atoms. The standard InChI is InChI=1S/C10H22O2/c1-7(2)10(12)9(4)5-8(3)6-11/h7-12H,5-6H2,1-4H3/t8-,9+,10+/m0/s1. The lowest BCUT2D eigenvalue weighted by Gasteiger charge is -2.24. The molecule has 0 aliphatic carbocycles. The van der Waals surface area contributed by atoms with Crippen LogP contribution in [0.4, 0.5) is 0 Å². The highest BCUT2D eigenvalue weighted by molar-refractivity contribution is 4.69. The third-order valence-corrected chi connectivity index (χ3v) is 2.35. The number of aliphatic hydroxyl groups excluding tert-OH is 2. The van der Waals surface area contributed by atoms with Crippen LogP contribution < -0.4 is 0 Å². The second kappa shape index (κ2) is 5.55. The highest BCUT2D eigenvalue weighted by atomic mass is 16.3. The van der Waals surface area contributed by atoms with Gasteiger partial charge in [-0.25, -0.2) is 0 Å². The fraction of sp³-hybridized carbons (Fsp3) is 1.00. The van der Waals surface area contributed by atoms with Crippen LogP contribution in [-0.2, 0) is 0 Å². The molecule has 0 fully saturated rings. The lowest BCUT2D eigenvalue weighted by Crippen LogP contribution is -2.25. The minimum atomic E-state index is -0.237. The molecule has 0 aliphatic heterocycles. The maximum absolute atomic E-state index is 9.66. The van der Waals surface area contributed by atoms with E-state index in [2.05, 4.69) is 0 Å². The van der Waals surface area contributed by atoms with Crippen LogP contribution in [0.2, 0.25) is 0 Å². The van der Waals surface area contributed by atoms with E-state index in [0.29, 0.717) is 11.8 Å². The fourth-order valence-corrected chi connectivity index (χ4v) is 1.51. The van der Waals surface area contributed by atoms with Gasteiger partial charge in [0.1, 0.15) is 0 Å². The first-order chi connectivity index (χ1) is 5.49. The molecule has 2 heteroatoms. The topological polar surface area (TPSA) is 40.5 Å². The Morgan fingerprint density at radius 1 is 1.08 bits per heavy atom. The van der Waals surface area contributed by atoms with Gasteiger partial charge in [0, 0.05) is 6.61 Å². The van der Waals surface area contributed by atoms with Gasteiger partial charge in [-0.15, -0.1) is 0 Å². The van der Waals surface area contributed by atoms with E-state index < -0.39 is 0 Å². The van der Waals surface area contributed by atoms with Crippen molar-refractivity contribution in [3.05, 3.63) is 0 Å². The summed E-state index contributed by atoms with van der Waals surface area (Å²) in [5.74, 6) is 0.895. The minimum absolute atomic E-state index is 0.217. The predicted molar refractivity (Wildman–Crippen MR) is 50.9 cm³/mol. The zero-order valence-electron chi connectivity index (χ0n) is 8.62. The lowest BCUT2D eigenvalue weighted by atomic mass is 9.88. The largest absolute Gasteiger partial charge is 0.396 e. The first-order valence-electron chi connectivity index (χ1n) is 4.78. The van der Waals surface area contributed by atoms with Gasteiger partial charge < -0.3 is 10.2 Å². The van der Waals surface area contributed by atoms with Gasteiger partial charge in [0.15, 0.2) is 0 Å². The molecule has 0 aromatic heterocycles. The van der Waals surface area contributed by atoms with Crippen molar-refractivity contribution in [1.29, 1.82) is 0 Å². The summed E-state index contributed by atoms with van der Waals surface area (Å²) in [5.41, 5.74) is 0. The van der Waals surface area contributed by atoms with Crippen molar-refractivity contribution in [2.75, 3.05) is 6.61 Å². The summed E-state index contributed by atoms with van der Waals surface area (Å²) in [5, 5.41) is 18.5. The average Bonchev–Trinajstić information content (AvgIpc) is 2.02. The maximum Gasteiger partial charge on any atom is 0.0588 e. The summed E-state index contributed by atoms with van der Waals surface area (Å²) in [6.45, 7) is 8.30. The highest BCUT2D eigenvalue weighted by Gasteiger charge is 2.19. The first kappa shape index (κ1) is 11.9. The van der Waals surface area contributed by atoms with Gasteiger partial charge in [-0.2, -0.15) is 0 Å². The summed E-state index contributed by atoms with van der Waals surface area (Å²) >= 11 is 0. The summed E-state index contributed by atoms with van der Waals surface area (Å²) in [6, 6.07) is 0. The third-order valence-electron chi connectivity index (χ3n) is 2.35. The van der Waals surface area contributed by atoms with Crippen molar-refractivity contribution in [3.8, 4) is 0 Å². The molecule has 74 valence electrons. The van der Waals surface area contributed by atoms with Crippen molar-refractivity contribution in [3.63, 3.8) is 0 Å². The molecule has 0 heterocycles. The van der Waals surface area contributed by atoms with Crippen LogP contribution in [0.1, 0.15) is 34.1 Å². The van der Waals surface area contributed by atoms with Crippen LogP contribution in [0, 0.1) is 17.8 Å². The highest BCUT2D eigenvalue weighted by Crippen LogP contribution is 2.19. The molecule has 0 aromatic rings. The Kier molecular flexibility index (Phi) is 5.51. The molecule has 0 unspecified atom stereocenters. The molecule has 0 spiro atoms. The molecular formula is C10H22O2. The Bertz CT molecular complexity index is 112. The molecule has 2 N–H and O–H groups in total. The molecule has 3 atom stereocenters. The molecule has 0 aliphatic rings. The molecule has 2 nitrogen and oxygen atoms in total. The third kappa shape index (κ3) is 4.07. The van der Waals surface area contributed by atoms with E-state index in [1.807, 2.05) is 27.7 Å². The Labute approximate surface area is 75.6 Å². The van der Waals surface area contributed by atoms with Gasteiger partial charge in [0.2, 0.25) is 0 Å². The number of rotatable bonds is 5. The van der Waals surface area contributed by atoms with Crippen LogP contribution in [0.15, 0.2) is 0 Å². The van der Waals surface area contributed by atoms with E-state index in [0.717, 1.165) is 6.42 Å². The monoisotopic (exact) mass is 174 g/mol. The van der Waals surface area contributed by atoms with Gasteiger partial charge in [0.05, 0.1) is 6.10 Å². The van der Waals surface area contributed by atoms with Gasteiger partial charge in [-0.3, -0.25) is 0 Å². The lowest BCUT2D eigenvalue weighted by molar-refractivity contribution is 0.0562. The van der Waals surface area contributed by atoms with E-state index in [4.69, 9.17) is 5.11 Å². The summed E-state index contributed by atoms with van der Waals surface area (Å²) in [4.78, 5) is 0. The summed E-state index contributed by atoms with van der Waals surface area (Å²) in [6.07, 6.45) is 0.662. The molecule has 0 radical (unpaired) electrons. The minimum Gasteiger partial charge on any atom is -0.396 e. The van der Waals surface area contributed by atoms with Crippen LogP contribution in [-0.4, -0.2) is 22.9 Å². The number of hydrogen-bond acceptors (Lipinski definition) is 2. The average molecular weight is 174 g/mol. The molecule has 0 rings (SSSR count). The predicted octanol–water partition coefficient (Wildman–Crippen LogP) is 1.66. The fourth-order valence-electron chi connectivity index (χ4n) is 1.51. The second-order valence-electron chi connectivity index (χ2n) is 4.24. The van der Waals surface area contributed by atoms with E-state index in [1.165, 1.54) is 0 Å². The normalized spacial score (nSPS) is 19.2. The van der Waals surface area contributed by atoms with E-state index >= 15 is 0 Å². The Morgan fingerprint density at radius 2 is 1.58 bits per heavy atom. The molecule has 0 saturated heterocycles. The molecule has 0 bridgehead atoms. The smallest absolute Gasteiger partial charge is 0.0588 e. The van der Waals surface area contributed by atoms with Crippen molar-refractivity contribution < 1.29 is 10.2 Å². The number of aliphatic hydroxyl groups is 2. The van der Waals surface area contributed by atoms with Crippen LogP contribution in [0.3, 0.4) is 0 Å². The quantitative estimate of drug-likeness (QED) is 0.665. The summed E-state index contributed by atoms with van der Waals surface area (Å²) < 4.78 is 0. The van der Waals surface area contributed by atoms with Crippen LogP contribution in [0.25, 0.3) is 0 Å². The van der Waals surface area contributed by atoms with Crippen molar-refractivity contribution in [1.82, 2.24) is 0 Å². The van der Waals surface area contributed by atoms with Gasteiger partial charge in [0.25, 0.3) is 0 Å². The Balaban J connectivity index is 3.78. The van der Waals surface area contributed by atoms with Gasteiger partial charge in [-0.05, 0) is 24.2 Å². The molecule has 0 saturated carbocycles. The first-order valence-corrected chi connectivity index (χ1v) is 4.78. The zero-order chi connectivity index (χ0) is 9.72. The van der Waals surface area contributed by atoms with E-state index in [-0.39, 0.29) is 18.6 Å². The second-order valence-corrected chi connectivity index (χ2v) is 4.24. The molecule has 0 aromatic carbocycles. The zero-order valence-corrected chi connectivity index (χ0v) is 8.62. The Hall–Kier alpha value is -0.0800. The van der Waals surface area contributed by atoms with E-state index in [9.17, 15) is 5.11 Å². The van der Waals surface area contributed by atoms with Gasteiger partial charge >= 0.3 is 0 Å². The van der Waals surface area contributed by atoms with Gasteiger partial charge in [-0.1, -0.05) is 27.7 Å². The van der Waals surface area contributed by atoms with Crippen molar-refractivity contribution in [2.45, 2.75) is 40.2 Å². The summed E-state index contributed by atoms with van der Waals surface area (Å²) in [7, 11) is 0. The van der Waals surface area contributed by atoms with Crippen molar-refractivity contribution in [2.24, 2.45) is 17.8 Å². The molecule has 0 amide bonds. The number of hydrogen-bond donors (Lipinski definition) is 2. The van der Waals surface area contributed by atoms with Crippen LogP contribution >= 0.6 is 0 Å². The SMILES string of the molecule is CC(C)[C@@H](O)[C@H](C)C[C@H](C)CO. The Morgan fingerprint density at radius 3 is 1.92 bits per heavy atom. The molecular weight excluding hydrogens is 152 g/mol. The maximum atomic E-state index is 9.66. The van der Waals surface area contributed by atoms with Crippen LogP contribution in [0.5, 0.6) is 0 Å².